The van der Waals surface area contributed by atoms with E-state index in [4.69, 9.17) is 9.84 Å². The Morgan fingerprint density at radius 3 is 2.22 bits per heavy atom. The Balaban J connectivity index is 1.23. The molecule has 2 saturated heterocycles. The summed E-state index contributed by atoms with van der Waals surface area (Å²) in [4.78, 5) is 26.1. The number of aliphatic hydroxyl groups excluding tert-OH is 1. The third kappa shape index (κ3) is 6.64. The van der Waals surface area contributed by atoms with E-state index < -0.39 is 17.6 Å². The molecule has 0 saturated carbocycles. The number of carboxylic acid groups (broad SMARTS) is 1. The lowest BCUT2D eigenvalue weighted by atomic mass is 9.78. The highest BCUT2D eigenvalue weighted by Gasteiger charge is 2.48. The number of halogens is 2. The molecular weight excluding hydrogens is 530 g/mol. The number of nitrogens with one attached hydrogen (secondary N) is 1. The summed E-state index contributed by atoms with van der Waals surface area (Å²) in [5, 5.41) is 23.1. The Labute approximate surface area is 237 Å². The van der Waals surface area contributed by atoms with E-state index in [1.807, 2.05) is 24.3 Å². The topological polar surface area (TPSA) is 99.1 Å². The molecule has 0 unspecified atom stereocenters. The summed E-state index contributed by atoms with van der Waals surface area (Å²) in [7, 11) is 0. The molecule has 41 heavy (non-hydrogen) atoms. The molecule has 0 aliphatic carbocycles. The highest BCUT2D eigenvalue weighted by Crippen LogP contribution is 2.46. The largest absolute Gasteiger partial charge is 0.481 e. The van der Waals surface area contributed by atoms with Crippen LogP contribution in [0.3, 0.4) is 0 Å². The van der Waals surface area contributed by atoms with Crippen LogP contribution >= 0.6 is 0 Å². The Hall–Kier alpha value is -3.66. The van der Waals surface area contributed by atoms with Gasteiger partial charge in [0.1, 0.15) is 11.6 Å². The van der Waals surface area contributed by atoms with Crippen LogP contribution in [0.5, 0.6) is 0 Å². The van der Waals surface area contributed by atoms with Crippen LogP contribution in [0, 0.1) is 17.6 Å². The molecule has 7 nitrogen and oxygen atoms in total. The number of hydrogen-bond acceptors (Lipinski definition) is 5. The minimum Gasteiger partial charge on any atom is -0.481 e. The second-order valence-electron chi connectivity index (χ2n) is 11.0. The van der Waals surface area contributed by atoms with Gasteiger partial charge in [0, 0.05) is 5.69 Å². The first-order valence-corrected chi connectivity index (χ1v) is 13.9. The van der Waals surface area contributed by atoms with Crippen molar-refractivity contribution in [2.75, 3.05) is 24.7 Å². The summed E-state index contributed by atoms with van der Waals surface area (Å²) in [6, 6.07) is 19.4. The van der Waals surface area contributed by atoms with Gasteiger partial charge in [-0.1, -0.05) is 36.4 Å². The number of aliphatic hydroxyl groups is 1. The first-order chi connectivity index (χ1) is 19.7. The van der Waals surface area contributed by atoms with Crippen molar-refractivity contribution >= 4 is 17.6 Å². The number of rotatable bonds is 13. The van der Waals surface area contributed by atoms with Gasteiger partial charge in [0.2, 0.25) is 5.91 Å². The molecular formula is C32H34F2N2O5. The fourth-order valence-electron chi connectivity index (χ4n) is 5.72. The minimum atomic E-state index is -0.844. The average molecular weight is 565 g/mol. The first kappa shape index (κ1) is 28.9. The predicted octanol–water partition coefficient (Wildman–Crippen LogP) is 4.95. The van der Waals surface area contributed by atoms with Crippen molar-refractivity contribution in [1.82, 2.24) is 5.32 Å². The SMILES string of the molecule is O=C(O)CC1(NCCCc2ccc([C@@H]3[C@@H](CC[C@H](O)c4ccc(F)cc4)C(=O)N3c3ccc(F)cc3)cc2)COC1. The molecule has 1 amide bonds. The van der Waals surface area contributed by atoms with Crippen LogP contribution in [0.15, 0.2) is 72.8 Å². The van der Waals surface area contributed by atoms with Gasteiger partial charge in [-0.2, -0.15) is 0 Å². The zero-order valence-corrected chi connectivity index (χ0v) is 22.6. The number of carboxylic acids is 1. The summed E-state index contributed by atoms with van der Waals surface area (Å²) < 4.78 is 32.1. The highest BCUT2D eigenvalue weighted by atomic mass is 19.1. The fourth-order valence-corrected chi connectivity index (χ4v) is 5.72. The van der Waals surface area contributed by atoms with Gasteiger partial charge < -0.3 is 25.2 Å². The number of carbonyl (C=O) groups excluding carboxylic acids is 1. The maximum atomic E-state index is 13.6. The summed E-state index contributed by atoms with van der Waals surface area (Å²) in [5.41, 5.74) is 2.80. The highest BCUT2D eigenvalue weighted by molar-refractivity contribution is 6.03. The van der Waals surface area contributed by atoms with E-state index in [1.165, 1.54) is 24.3 Å². The molecule has 216 valence electrons. The van der Waals surface area contributed by atoms with Gasteiger partial charge in [-0.15, -0.1) is 0 Å². The molecule has 3 aromatic carbocycles. The van der Waals surface area contributed by atoms with E-state index in [0.717, 1.165) is 24.0 Å². The van der Waals surface area contributed by atoms with E-state index in [-0.39, 0.29) is 35.9 Å². The lowest BCUT2D eigenvalue weighted by Crippen LogP contribution is -2.61. The number of benzene rings is 3. The van der Waals surface area contributed by atoms with Gasteiger partial charge in [-0.3, -0.25) is 9.59 Å². The van der Waals surface area contributed by atoms with E-state index in [9.17, 15) is 23.5 Å². The number of aryl methyl sites for hydroxylation is 1. The van der Waals surface area contributed by atoms with Gasteiger partial charge in [0.05, 0.1) is 43.2 Å². The molecule has 9 heteroatoms. The zero-order chi connectivity index (χ0) is 29.0. The Bertz CT molecular complexity index is 1340. The average Bonchev–Trinajstić information content (AvgIpc) is 2.94. The molecule has 5 rings (SSSR count). The van der Waals surface area contributed by atoms with Crippen LogP contribution < -0.4 is 10.2 Å². The number of amides is 1. The summed E-state index contributed by atoms with van der Waals surface area (Å²) in [6.07, 6.45) is 1.63. The zero-order valence-electron chi connectivity index (χ0n) is 22.6. The Morgan fingerprint density at radius 1 is 1.00 bits per heavy atom. The quantitative estimate of drug-likeness (QED) is 0.201. The van der Waals surface area contributed by atoms with Crippen molar-refractivity contribution in [3.05, 3.63) is 101 Å². The molecule has 3 atom stereocenters. The predicted molar refractivity (Wildman–Crippen MR) is 149 cm³/mol. The molecule has 2 fully saturated rings. The van der Waals surface area contributed by atoms with Crippen LogP contribution in [0.1, 0.15) is 54.5 Å². The molecule has 3 aromatic rings. The van der Waals surface area contributed by atoms with Crippen LogP contribution in [0.4, 0.5) is 14.5 Å². The van der Waals surface area contributed by atoms with Gasteiger partial charge in [-0.25, -0.2) is 8.78 Å². The summed E-state index contributed by atoms with van der Waals surface area (Å²) >= 11 is 0. The van der Waals surface area contributed by atoms with Crippen molar-refractivity contribution < 1.29 is 33.3 Å². The van der Waals surface area contributed by atoms with Gasteiger partial charge >= 0.3 is 5.97 Å². The van der Waals surface area contributed by atoms with Crippen LogP contribution in [0.2, 0.25) is 0 Å². The van der Waals surface area contributed by atoms with Crippen molar-refractivity contribution in [3.63, 3.8) is 0 Å². The van der Waals surface area contributed by atoms with Crippen LogP contribution in [0.25, 0.3) is 0 Å². The third-order valence-electron chi connectivity index (χ3n) is 8.03. The lowest BCUT2D eigenvalue weighted by molar-refractivity contribution is -0.146. The standard InChI is InChI=1S/C32H34F2N2O5/c33-24-9-7-22(8-10-24)28(37)16-15-27-30(36(31(27)40)26-13-11-25(34)12-14-26)23-5-3-21(4-6-23)2-1-17-35-32(18-29(38)39)19-41-20-32/h3-14,27-28,30,35,37H,1-2,15-20H2,(H,38,39)/t27-,28+,30-/m1/s1. The first-order valence-electron chi connectivity index (χ1n) is 13.9. The van der Waals surface area contributed by atoms with Gasteiger partial charge in [0.15, 0.2) is 0 Å². The molecule has 3 N–H and O–H groups in total. The molecule has 2 heterocycles. The molecule has 2 aliphatic heterocycles. The Morgan fingerprint density at radius 2 is 1.63 bits per heavy atom. The summed E-state index contributed by atoms with van der Waals surface area (Å²) in [5.74, 6) is -2.04. The number of aliphatic carboxylic acids is 1. The number of ether oxygens (including phenoxy) is 1. The normalized spacial score (nSPS) is 20.3. The molecule has 2 aliphatic rings. The summed E-state index contributed by atoms with van der Waals surface area (Å²) in [6.45, 7) is 1.48. The number of anilines is 1. The minimum absolute atomic E-state index is 0.0362. The second-order valence-corrected chi connectivity index (χ2v) is 11.0. The number of hydrogen-bond donors (Lipinski definition) is 3. The molecule has 0 bridgehead atoms. The molecule has 0 aromatic heterocycles. The van der Waals surface area contributed by atoms with Gasteiger partial charge in [-0.05, 0) is 85.3 Å². The van der Waals surface area contributed by atoms with Crippen LogP contribution in [-0.4, -0.2) is 47.4 Å². The number of β-lactam (4-membered cyclic amide) rings is 1. The number of carbonyl (C=O) groups is 2. The maximum absolute atomic E-state index is 13.6. The maximum Gasteiger partial charge on any atom is 0.305 e. The van der Waals surface area contributed by atoms with E-state index in [2.05, 4.69) is 5.32 Å². The van der Waals surface area contributed by atoms with Crippen molar-refractivity contribution in [2.45, 2.75) is 49.8 Å². The van der Waals surface area contributed by atoms with Crippen molar-refractivity contribution in [1.29, 1.82) is 0 Å². The molecule has 0 radical (unpaired) electrons. The lowest BCUT2D eigenvalue weighted by Gasteiger charge is -2.48. The third-order valence-corrected chi connectivity index (χ3v) is 8.03. The monoisotopic (exact) mass is 564 g/mol. The second kappa shape index (κ2) is 12.5. The smallest absolute Gasteiger partial charge is 0.305 e. The van der Waals surface area contributed by atoms with E-state index >= 15 is 0 Å². The van der Waals surface area contributed by atoms with E-state index in [1.54, 1.807) is 29.2 Å². The van der Waals surface area contributed by atoms with Crippen molar-refractivity contribution in [3.8, 4) is 0 Å². The fraction of sp³-hybridized carbons (Fsp3) is 0.375. The van der Waals surface area contributed by atoms with E-state index in [0.29, 0.717) is 43.9 Å². The molecule has 0 spiro atoms. The van der Waals surface area contributed by atoms with Gasteiger partial charge in [0.25, 0.3) is 0 Å². The van der Waals surface area contributed by atoms with Crippen LogP contribution in [-0.2, 0) is 20.7 Å². The Kier molecular flexibility index (Phi) is 8.77. The van der Waals surface area contributed by atoms with Crippen molar-refractivity contribution in [2.24, 2.45) is 5.92 Å². The number of nitrogens with zero attached hydrogens (tertiary/aromatic N) is 1.